The van der Waals surface area contributed by atoms with Crippen LogP contribution >= 0.6 is 0 Å². The Morgan fingerprint density at radius 2 is 1.68 bits per heavy atom. The highest BCUT2D eigenvalue weighted by Crippen LogP contribution is 2.40. The van der Waals surface area contributed by atoms with Crippen LogP contribution in [-0.2, 0) is 0 Å². The Bertz CT molecular complexity index is 314. The summed E-state index contributed by atoms with van der Waals surface area (Å²) in [5.41, 5.74) is 0. The summed E-state index contributed by atoms with van der Waals surface area (Å²) in [5, 5.41) is 3.86. The van der Waals surface area contributed by atoms with Crippen LogP contribution in [0.2, 0.25) is 0 Å². The molecular formula is C17H30N2. The van der Waals surface area contributed by atoms with Crippen LogP contribution in [0.5, 0.6) is 0 Å². The highest BCUT2D eigenvalue weighted by molar-refractivity contribution is 4.97. The van der Waals surface area contributed by atoms with Crippen LogP contribution in [0.4, 0.5) is 0 Å². The molecule has 108 valence electrons. The molecule has 0 bridgehead atoms. The molecule has 19 heavy (non-hydrogen) atoms. The number of hydrogen-bond donors (Lipinski definition) is 1. The topological polar surface area (TPSA) is 15.3 Å². The van der Waals surface area contributed by atoms with E-state index in [1.54, 1.807) is 0 Å². The van der Waals surface area contributed by atoms with Gasteiger partial charge in [0.05, 0.1) is 0 Å². The van der Waals surface area contributed by atoms with Crippen LogP contribution in [-0.4, -0.2) is 36.6 Å². The Morgan fingerprint density at radius 3 is 2.68 bits per heavy atom. The molecule has 0 aromatic carbocycles. The summed E-state index contributed by atoms with van der Waals surface area (Å²) in [5.74, 6) is 3.09. The highest BCUT2D eigenvalue weighted by Gasteiger charge is 2.41. The normalized spacial score (nSPS) is 47.1. The molecule has 0 spiro atoms. The fourth-order valence-electron chi connectivity index (χ4n) is 5.71. The first kappa shape index (κ1) is 12.6. The maximum absolute atomic E-state index is 3.86. The van der Waals surface area contributed by atoms with Gasteiger partial charge in [0.2, 0.25) is 0 Å². The second-order valence-electron chi connectivity index (χ2n) is 7.62. The SMILES string of the molecule is C1CCC2C(C1)CCCN2CC1NCC2CCCC21. The summed E-state index contributed by atoms with van der Waals surface area (Å²) < 4.78 is 0. The molecule has 0 amide bonds. The van der Waals surface area contributed by atoms with Crippen LogP contribution in [0.3, 0.4) is 0 Å². The minimum atomic E-state index is 0.827. The third-order valence-electron chi connectivity index (χ3n) is 6.67. The van der Waals surface area contributed by atoms with Crippen molar-refractivity contribution in [2.45, 2.75) is 69.9 Å². The summed E-state index contributed by atoms with van der Waals surface area (Å²) >= 11 is 0. The van der Waals surface area contributed by atoms with E-state index in [9.17, 15) is 0 Å². The summed E-state index contributed by atoms with van der Waals surface area (Å²) in [6, 6.07) is 1.78. The van der Waals surface area contributed by atoms with E-state index < -0.39 is 0 Å². The molecule has 2 saturated carbocycles. The summed E-state index contributed by atoms with van der Waals surface area (Å²) in [6.07, 6.45) is 13.5. The molecule has 2 aliphatic carbocycles. The van der Waals surface area contributed by atoms with Crippen molar-refractivity contribution in [3.63, 3.8) is 0 Å². The van der Waals surface area contributed by atoms with Gasteiger partial charge in [-0.05, 0) is 69.4 Å². The van der Waals surface area contributed by atoms with Crippen molar-refractivity contribution in [3.05, 3.63) is 0 Å². The second kappa shape index (κ2) is 5.37. The van der Waals surface area contributed by atoms with E-state index >= 15 is 0 Å². The number of hydrogen-bond acceptors (Lipinski definition) is 2. The number of fused-ring (bicyclic) bond motifs is 2. The number of likely N-dealkylation sites (tertiary alicyclic amines) is 1. The molecule has 2 aliphatic heterocycles. The maximum atomic E-state index is 3.86. The fraction of sp³-hybridized carbons (Fsp3) is 1.00. The zero-order valence-electron chi connectivity index (χ0n) is 12.3. The van der Waals surface area contributed by atoms with E-state index in [0.717, 1.165) is 29.8 Å². The summed E-state index contributed by atoms with van der Waals surface area (Å²) in [4.78, 5) is 2.89. The summed E-state index contributed by atoms with van der Waals surface area (Å²) in [6.45, 7) is 4.07. The molecule has 0 aromatic rings. The lowest BCUT2D eigenvalue weighted by atomic mass is 9.78. The average molecular weight is 262 g/mol. The minimum Gasteiger partial charge on any atom is -0.312 e. The highest BCUT2D eigenvalue weighted by atomic mass is 15.2. The van der Waals surface area contributed by atoms with Crippen LogP contribution in [0, 0.1) is 17.8 Å². The lowest BCUT2D eigenvalue weighted by Gasteiger charge is -2.45. The molecule has 4 rings (SSSR count). The molecule has 4 fully saturated rings. The number of piperidine rings is 1. The standard InChI is InChI=1S/C17H30N2/c1-2-9-17-13(5-1)7-4-10-19(17)12-16-15-8-3-6-14(15)11-18-16/h13-18H,1-12H2. The third-order valence-corrected chi connectivity index (χ3v) is 6.67. The Labute approximate surface area is 118 Å². The zero-order chi connectivity index (χ0) is 12.7. The molecule has 5 atom stereocenters. The van der Waals surface area contributed by atoms with Gasteiger partial charge >= 0.3 is 0 Å². The first-order chi connectivity index (χ1) is 9.42. The number of nitrogens with one attached hydrogen (secondary N) is 1. The second-order valence-corrected chi connectivity index (χ2v) is 7.62. The van der Waals surface area contributed by atoms with Gasteiger partial charge in [0, 0.05) is 18.6 Å². The Hall–Kier alpha value is -0.0800. The molecule has 2 saturated heterocycles. The van der Waals surface area contributed by atoms with Crippen molar-refractivity contribution in [2.24, 2.45) is 17.8 Å². The Morgan fingerprint density at radius 1 is 0.842 bits per heavy atom. The van der Waals surface area contributed by atoms with Gasteiger partial charge in [-0.15, -0.1) is 0 Å². The molecule has 1 N–H and O–H groups in total. The van der Waals surface area contributed by atoms with Crippen molar-refractivity contribution in [1.29, 1.82) is 0 Å². The van der Waals surface area contributed by atoms with Gasteiger partial charge in [-0.25, -0.2) is 0 Å². The number of nitrogens with zero attached hydrogens (tertiary/aromatic N) is 1. The fourth-order valence-corrected chi connectivity index (χ4v) is 5.71. The predicted octanol–water partition coefficient (Wildman–Crippen LogP) is 3.03. The average Bonchev–Trinajstić information content (AvgIpc) is 3.04. The quantitative estimate of drug-likeness (QED) is 0.823. The first-order valence-electron chi connectivity index (χ1n) is 8.89. The van der Waals surface area contributed by atoms with Gasteiger partial charge in [0.1, 0.15) is 0 Å². The number of rotatable bonds is 2. The van der Waals surface area contributed by atoms with E-state index in [4.69, 9.17) is 0 Å². The van der Waals surface area contributed by atoms with E-state index in [1.807, 2.05) is 0 Å². The largest absolute Gasteiger partial charge is 0.312 e. The van der Waals surface area contributed by atoms with Crippen molar-refractivity contribution in [1.82, 2.24) is 10.2 Å². The molecule has 5 unspecified atom stereocenters. The van der Waals surface area contributed by atoms with Gasteiger partial charge in [0.25, 0.3) is 0 Å². The Kier molecular flexibility index (Phi) is 3.57. The van der Waals surface area contributed by atoms with Crippen molar-refractivity contribution >= 4 is 0 Å². The molecule has 2 heterocycles. The van der Waals surface area contributed by atoms with Crippen molar-refractivity contribution in [3.8, 4) is 0 Å². The van der Waals surface area contributed by atoms with E-state index in [2.05, 4.69) is 10.2 Å². The molecule has 0 radical (unpaired) electrons. The maximum Gasteiger partial charge on any atom is 0.0226 e. The molecule has 0 aromatic heterocycles. The van der Waals surface area contributed by atoms with Gasteiger partial charge < -0.3 is 5.32 Å². The van der Waals surface area contributed by atoms with E-state index in [0.29, 0.717) is 0 Å². The molecular weight excluding hydrogens is 232 g/mol. The third kappa shape index (κ3) is 2.35. The molecule has 2 nitrogen and oxygen atoms in total. The lowest BCUT2D eigenvalue weighted by molar-refractivity contribution is 0.0501. The smallest absolute Gasteiger partial charge is 0.0226 e. The van der Waals surface area contributed by atoms with Gasteiger partial charge in [-0.3, -0.25) is 4.90 Å². The van der Waals surface area contributed by atoms with Gasteiger partial charge in [0.15, 0.2) is 0 Å². The first-order valence-corrected chi connectivity index (χ1v) is 8.89. The molecule has 4 aliphatic rings. The van der Waals surface area contributed by atoms with Crippen molar-refractivity contribution in [2.75, 3.05) is 19.6 Å². The van der Waals surface area contributed by atoms with Crippen LogP contribution < -0.4 is 5.32 Å². The minimum absolute atomic E-state index is 0.827. The van der Waals surface area contributed by atoms with Crippen LogP contribution in [0.25, 0.3) is 0 Å². The lowest BCUT2D eigenvalue weighted by Crippen LogP contribution is -2.51. The van der Waals surface area contributed by atoms with Gasteiger partial charge in [-0.1, -0.05) is 19.3 Å². The Balaban J connectivity index is 1.41. The molecule has 2 heteroatoms. The van der Waals surface area contributed by atoms with Crippen LogP contribution in [0.1, 0.15) is 57.8 Å². The van der Waals surface area contributed by atoms with E-state index in [1.165, 1.54) is 77.4 Å². The monoisotopic (exact) mass is 262 g/mol. The van der Waals surface area contributed by atoms with E-state index in [-0.39, 0.29) is 0 Å². The van der Waals surface area contributed by atoms with Crippen molar-refractivity contribution < 1.29 is 0 Å². The van der Waals surface area contributed by atoms with Crippen LogP contribution in [0.15, 0.2) is 0 Å². The predicted molar refractivity (Wildman–Crippen MR) is 79.2 cm³/mol. The zero-order valence-corrected chi connectivity index (χ0v) is 12.3. The van der Waals surface area contributed by atoms with Gasteiger partial charge in [-0.2, -0.15) is 0 Å². The summed E-state index contributed by atoms with van der Waals surface area (Å²) in [7, 11) is 0.